The fraction of sp³-hybridized carbons (Fsp3) is 0. The van der Waals surface area contributed by atoms with Gasteiger partial charge >= 0.3 is 119 Å². The van der Waals surface area contributed by atoms with Crippen LogP contribution in [0.4, 0.5) is 5.69 Å². The van der Waals surface area contributed by atoms with E-state index in [1.165, 1.54) is 10.2 Å². The normalized spacial score (nSPS) is 12.5. The summed E-state index contributed by atoms with van der Waals surface area (Å²) in [6, 6.07) is 18.5. The van der Waals surface area contributed by atoms with E-state index in [-0.39, 0.29) is 14.7 Å². The summed E-state index contributed by atoms with van der Waals surface area (Å²) in [4.78, 5) is 5.81. The minimum absolute atomic E-state index is 0.0751. The summed E-state index contributed by atoms with van der Waals surface area (Å²) < 4.78 is 9.14. The molecule has 4 aromatic rings. The Morgan fingerprint density at radius 1 is 1.00 bits per heavy atom. The molecule has 0 fully saturated rings. The molecule has 5 heteroatoms. The van der Waals surface area contributed by atoms with Gasteiger partial charge in [-0.25, -0.2) is 0 Å². The summed E-state index contributed by atoms with van der Waals surface area (Å²) in [5, 5.41) is 0. The van der Waals surface area contributed by atoms with Crippen molar-refractivity contribution in [3.63, 3.8) is 0 Å². The molecule has 0 spiro atoms. The first-order chi connectivity index (χ1) is 9.42. The number of benzene rings is 2. The molecule has 2 heterocycles. The molecular weight excluding hydrogens is 321 g/mol. The van der Waals surface area contributed by atoms with Crippen molar-refractivity contribution in [3.05, 3.63) is 59.0 Å². The van der Waals surface area contributed by atoms with Gasteiger partial charge in [0.1, 0.15) is 0 Å². The Hall–Kier alpha value is -1.68. The Kier molecular flexibility index (Phi) is 2.62. The van der Waals surface area contributed by atoms with Gasteiger partial charge in [0.25, 0.3) is 0 Å². The van der Waals surface area contributed by atoms with Crippen molar-refractivity contribution in [2.75, 3.05) is 0 Å². The zero-order valence-corrected chi connectivity index (χ0v) is 12.4. The summed E-state index contributed by atoms with van der Waals surface area (Å²) in [7, 11) is 0. The van der Waals surface area contributed by atoms with Crippen LogP contribution in [0.25, 0.3) is 15.2 Å². The number of aromatic nitrogens is 2. The molecule has 0 aliphatic carbocycles. The van der Waals surface area contributed by atoms with Gasteiger partial charge in [-0.05, 0) is 0 Å². The number of hydrogen-bond acceptors (Lipinski definition) is 3. The van der Waals surface area contributed by atoms with E-state index >= 15 is 0 Å². The van der Waals surface area contributed by atoms with Gasteiger partial charge in [-0.1, -0.05) is 0 Å². The van der Waals surface area contributed by atoms with E-state index < -0.39 is 0 Å². The van der Waals surface area contributed by atoms with Crippen molar-refractivity contribution in [3.8, 4) is 0 Å². The van der Waals surface area contributed by atoms with E-state index in [4.69, 9.17) is 4.99 Å². The molecule has 4 rings (SSSR count). The van der Waals surface area contributed by atoms with Crippen molar-refractivity contribution in [2.24, 2.45) is 4.99 Å². The average molecular weight is 330 g/mol. The quantitative estimate of drug-likeness (QED) is 0.494. The van der Waals surface area contributed by atoms with Crippen LogP contribution >= 0.6 is 11.3 Å². The van der Waals surface area contributed by atoms with Gasteiger partial charge in [0.2, 0.25) is 0 Å². The molecule has 19 heavy (non-hydrogen) atoms. The summed E-state index contributed by atoms with van der Waals surface area (Å²) >= 11 is 1.81. The molecule has 0 unspecified atom stereocenters. The summed E-state index contributed by atoms with van der Waals surface area (Å²) in [5.41, 5.74) is 2.20. The third-order valence-electron chi connectivity index (χ3n) is 2.88. The number of hydrogen-bond donors (Lipinski definition) is 0. The minimum atomic E-state index is 0.0751. The molecule has 0 amide bonds. The molecular formula is C14H9N3SSe. The van der Waals surface area contributed by atoms with E-state index in [1.54, 1.807) is 11.3 Å². The van der Waals surface area contributed by atoms with Crippen LogP contribution in [0, 0.1) is 0 Å². The van der Waals surface area contributed by atoms with Crippen LogP contribution in [0.5, 0.6) is 0 Å². The third kappa shape index (κ3) is 1.87. The predicted octanol–water partition coefficient (Wildman–Crippen LogP) is 2.84. The molecule has 0 aliphatic heterocycles. The maximum absolute atomic E-state index is 4.74. The zero-order chi connectivity index (χ0) is 12.7. The second kappa shape index (κ2) is 4.46. The third-order valence-corrected chi connectivity index (χ3v) is 5.63. The van der Waals surface area contributed by atoms with Gasteiger partial charge in [0.05, 0.1) is 0 Å². The van der Waals surface area contributed by atoms with Crippen LogP contribution in [0.15, 0.2) is 59.6 Å². The first kappa shape index (κ1) is 11.2. The van der Waals surface area contributed by atoms with Gasteiger partial charge in [0, 0.05) is 0 Å². The molecule has 0 N–H and O–H groups in total. The fourth-order valence-corrected chi connectivity index (χ4v) is 4.88. The molecule has 3 nitrogen and oxygen atoms in total. The topological polar surface area (TPSA) is 29.7 Å². The number of thiazole rings is 1. The number of para-hydroxylation sites is 2. The summed E-state index contributed by atoms with van der Waals surface area (Å²) in [5.74, 6) is 0. The van der Waals surface area contributed by atoms with E-state index in [9.17, 15) is 0 Å². The van der Waals surface area contributed by atoms with Crippen LogP contribution in [0.1, 0.15) is 0 Å². The van der Waals surface area contributed by atoms with Gasteiger partial charge < -0.3 is 0 Å². The standard InChI is InChI=1S/C14H9N3SSe/c1-2-6-10(7-3-1)15-14-17-11-8-4-5-9-12(11)18-13(17)16-19-14/h1-9H. The zero-order valence-electron chi connectivity index (χ0n) is 9.85. The van der Waals surface area contributed by atoms with Crippen LogP contribution in [-0.4, -0.2) is 23.1 Å². The molecule has 2 aromatic carbocycles. The Labute approximate surface area is 119 Å². The van der Waals surface area contributed by atoms with E-state index in [2.05, 4.69) is 32.6 Å². The monoisotopic (exact) mass is 331 g/mol. The van der Waals surface area contributed by atoms with Crippen LogP contribution in [0.3, 0.4) is 0 Å². The molecule has 0 aliphatic rings. The SMILES string of the molecule is c1ccc(N=c2[se]nc3sc4ccccc4n23)cc1. The van der Waals surface area contributed by atoms with E-state index in [0.29, 0.717) is 0 Å². The van der Waals surface area contributed by atoms with E-state index in [1.807, 2.05) is 30.3 Å². The Morgan fingerprint density at radius 2 is 1.79 bits per heavy atom. The van der Waals surface area contributed by atoms with Crippen molar-refractivity contribution in [1.82, 2.24) is 8.38 Å². The molecule has 0 saturated heterocycles. The first-order valence-electron chi connectivity index (χ1n) is 5.87. The van der Waals surface area contributed by atoms with Crippen LogP contribution < -0.4 is 4.36 Å². The molecule has 2 aromatic heterocycles. The van der Waals surface area contributed by atoms with Crippen molar-refractivity contribution in [1.29, 1.82) is 0 Å². The van der Waals surface area contributed by atoms with E-state index in [0.717, 1.165) is 15.0 Å². The van der Waals surface area contributed by atoms with Gasteiger partial charge in [0.15, 0.2) is 0 Å². The van der Waals surface area contributed by atoms with Crippen LogP contribution in [0.2, 0.25) is 0 Å². The van der Waals surface area contributed by atoms with Gasteiger partial charge in [-0.15, -0.1) is 0 Å². The van der Waals surface area contributed by atoms with Gasteiger partial charge in [-0.3, -0.25) is 0 Å². The predicted molar refractivity (Wildman–Crippen MR) is 79.2 cm³/mol. The van der Waals surface area contributed by atoms with Crippen molar-refractivity contribution < 1.29 is 0 Å². The molecule has 0 atom stereocenters. The number of rotatable bonds is 1. The van der Waals surface area contributed by atoms with Crippen LogP contribution in [-0.2, 0) is 0 Å². The molecule has 0 radical (unpaired) electrons. The number of fused-ring (bicyclic) bond motifs is 3. The second-order valence-electron chi connectivity index (χ2n) is 4.10. The average Bonchev–Trinajstić information content (AvgIpc) is 3.00. The molecule has 92 valence electrons. The van der Waals surface area contributed by atoms with Crippen molar-refractivity contribution in [2.45, 2.75) is 0 Å². The fourth-order valence-electron chi connectivity index (χ4n) is 2.02. The number of nitrogens with zero attached hydrogens (tertiary/aromatic N) is 3. The summed E-state index contributed by atoms with van der Waals surface area (Å²) in [6.45, 7) is 0. The van der Waals surface area contributed by atoms with Gasteiger partial charge in [-0.2, -0.15) is 0 Å². The molecule has 0 bridgehead atoms. The van der Waals surface area contributed by atoms with Crippen molar-refractivity contribution >= 4 is 46.9 Å². The molecule has 0 saturated carbocycles. The Bertz CT molecular complexity index is 918. The maximum atomic E-state index is 4.74. The second-order valence-corrected chi connectivity index (χ2v) is 6.64. The first-order valence-corrected chi connectivity index (χ1v) is 8.31. The Morgan fingerprint density at radius 3 is 2.68 bits per heavy atom. The summed E-state index contributed by atoms with van der Waals surface area (Å²) in [6.07, 6.45) is 0. The Balaban J connectivity index is 2.08.